The highest BCUT2D eigenvalue weighted by Gasteiger charge is 2.37. The zero-order chi connectivity index (χ0) is 10.9. The SMILES string of the molecule is Cc1cc(C)cc(C2(OO)CCCC2)c1. The highest BCUT2D eigenvalue weighted by atomic mass is 17.1. The lowest BCUT2D eigenvalue weighted by molar-refractivity contribution is -0.327. The summed E-state index contributed by atoms with van der Waals surface area (Å²) in [5, 5.41) is 9.15. The Labute approximate surface area is 90.8 Å². The van der Waals surface area contributed by atoms with Gasteiger partial charge in [-0.3, -0.25) is 5.26 Å². The first-order valence-electron chi connectivity index (χ1n) is 5.58. The second kappa shape index (κ2) is 3.95. The maximum Gasteiger partial charge on any atom is 0.128 e. The van der Waals surface area contributed by atoms with Gasteiger partial charge in [0.05, 0.1) is 0 Å². The molecule has 0 heterocycles. The van der Waals surface area contributed by atoms with Gasteiger partial charge in [-0.05, 0) is 45.1 Å². The molecule has 15 heavy (non-hydrogen) atoms. The van der Waals surface area contributed by atoms with Crippen LogP contribution in [-0.2, 0) is 10.5 Å². The van der Waals surface area contributed by atoms with E-state index in [9.17, 15) is 0 Å². The van der Waals surface area contributed by atoms with Crippen molar-refractivity contribution in [2.45, 2.75) is 45.1 Å². The summed E-state index contributed by atoms with van der Waals surface area (Å²) in [6.45, 7) is 4.16. The predicted molar refractivity (Wildman–Crippen MR) is 59.8 cm³/mol. The molecule has 0 saturated heterocycles. The zero-order valence-corrected chi connectivity index (χ0v) is 9.42. The Hall–Kier alpha value is -0.860. The first-order valence-corrected chi connectivity index (χ1v) is 5.58. The molecule has 0 spiro atoms. The molecule has 2 nitrogen and oxygen atoms in total. The minimum absolute atomic E-state index is 0.434. The molecule has 1 aromatic rings. The zero-order valence-electron chi connectivity index (χ0n) is 9.42. The molecule has 0 aliphatic heterocycles. The van der Waals surface area contributed by atoms with Gasteiger partial charge in [0.2, 0.25) is 0 Å². The Balaban J connectivity index is 2.42. The minimum atomic E-state index is -0.434. The van der Waals surface area contributed by atoms with Crippen molar-refractivity contribution in [3.63, 3.8) is 0 Å². The van der Waals surface area contributed by atoms with Gasteiger partial charge in [0.25, 0.3) is 0 Å². The Kier molecular flexibility index (Phi) is 2.81. The Morgan fingerprint density at radius 2 is 1.60 bits per heavy atom. The molecule has 1 aliphatic carbocycles. The summed E-state index contributed by atoms with van der Waals surface area (Å²) >= 11 is 0. The molecule has 1 fully saturated rings. The molecule has 1 aliphatic rings. The molecule has 0 bridgehead atoms. The summed E-state index contributed by atoms with van der Waals surface area (Å²) in [7, 11) is 0. The molecule has 2 rings (SSSR count). The van der Waals surface area contributed by atoms with Gasteiger partial charge in [0, 0.05) is 0 Å². The molecule has 1 N–H and O–H groups in total. The van der Waals surface area contributed by atoms with Crippen LogP contribution in [0.5, 0.6) is 0 Å². The third-order valence-electron chi connectivity index (χ3n) is 3.33. The number of benzene rings is 1. The molecule has 1 saturated carbocycles. The summed E-state index contributed by atoms with van der Waals surface area (Å²) in [5.74, 6) is 0. The molecule has 0 radical (unpaired) electrons. The summed E-state index contributed by atoms with van der Waals surface area (Å²) in [6, 6.07) is 6.38. The molecule has 0 amide bonds. The molecule has 1 aromatic carbocycles. The van der Waals surface area contributed by atoms with E-state index in [1.807, 2.05) is 0 Å². The van der Waals surface area contributed by atoms with Gasteiger partial charge < -0.3 is 0 Å². The Morgan fingerprint density at radius 1 is 1.07 bits per heavy atom. The van der Waals surface area contributed by atoms with E-state index in [4.69, 9.17) is 10.1 Å². The van der Waals surface area contributed by atoms with E-state index in [0.717, 1.165) is 31.2 Å². The van der Waals surface area contributed by atoms with Gasteiger partial charge in [-0.2, -0.15) is 0 Å². The quantitative estimate of drug-likeness (QED) is 0.592. The highest BCUT2D eigenvalue weighted by molar-refractivity contribution is 5.33. The molecular weight excluding hydrogens is 188 g/mol. The van der Waals surface area contributed by atoms with Crippen LogP contribution in [0.25, 0.3) is 0 Å². The second-order valence-corrected chi connectivity index (χ2v) is 4.67. The number of hydrogen-bond acceptors (Lipinski definition) is 2. The minimum Gasteiger partial charge on any atom is -0.251 e. The maximum atomic E-state index is 9.15. The predicted octanol–water partition coefficient (Wildman–Crippen LogP) is 3.56. The van der Waals surface area contributed by atoms with Gasteiger partial charge in [0.15, 0.2) is 0 Å². The van der Waals surface area contributed by atoms with Crippen LogP contribution < -0.4 is 0 Å². The monoisotopic (exact) mass is 206 g/mol. The third kappa shape index (κ3) is 1.92. The van der Waals surface area contributed by atoms with Crippen LogP contribution in [0.2, 0.25) is 0 Å². The summed E-state index contributed by atoms with van der Waals surface area (Å²) < 4.78 is 0. The van der Waals surface area contributed by atoms with Gasteiger partial charge >= 0.3 is 0 Å². The van der Waals surface area contributed by atoms with Crippen molar-refractivity contribution >= 4 is 0 Å². The van der Waals surface area contributed by atoms with Crippen LogP contribution in [0.4, 0.5) is 0 Å². The molecule has 0 atom stereocenters. The Bertz CT molecular complexity index is 331. The van der Waals surface area contributed by atoms with Gasteiger partial charge in [0.1, 0.15) is 5.60 Å². The lowest BCUT2D eigenvalue weighted by atomic mass is 9.90. The fourth-order valence-corrected chi connectivity index (χ4v) is 2.62. The van der Waals surface area contributed by atoms with Crippen molar-refractivity contribution in [3.8, 4) is 0 Å². The van der Waals surface area contributed by atoms with Crippen molar-refractivity contribution < 1.29 is 10.1 Å². The van der Waals surface area contributed by atoms with E-state index in [-0.39, 0.29) is 0 Å². The van der Waals surface area contributed by atoms with E-state index >= 15 is 0 Å². The largest absolute Gasteiger partial charge is 0.251 e. The van der Waals surface area contributed by atoms with Gasteiger partial charge in [-0.1, -0.05) is 29.3 Å². The average Bonchev–Trinajstić information content (AvgIpc) is 2.65. The van der Waals surface area contributed by atoms with Crippen LogP contribution in [0.3, 0.4) is 0 Å². The number of rotatable bonds is 2. The van der Waals surface area contributed by atoms with E-state index in [1.165, 1.54) is 11.1 Å². The Morgan fingerprint density at radius 3 is 2.07 bits per heavy atom. The first-order chi connectivity index (χ1) is 7.16. The van der Waals surface area contributed by atoms with Crippen LogP contribution in [0, 0.1) is 13.8 Å². The van der Waals surface area contributed by atoms with Crippen LogP contribution >= 0.6 is 0 Å². The van der Waals surface area contributed by atoms with Gasteiger partial charge in [-0.25, -0.2) is 4.89 Å². The highest BCUT2D eigenvalue weighted by Crippen LogP contribution is 2.41. The topological polar surface area (TPSA) is 29.5 Å². The van der Waals surface area contributed by atoms with Crippen molar-refractivity contribution in [1.82, 2.24) is 0 Å². The molecule has 2 heteroatoms. The van der Waals surface area contributed by atoms with E-state index in [1.54, 1.807) is 0 Å². The average molecular weight is 206 g/mol. The van der Waals surface area contributed by atoms with Crippen molar-refractivity contribution in [2.24, 2.45) is 0 Å². The van der Waals surface area contributed by atoms with E-state index < -0.39 is 5.60 Å². The van der Waals surface area contributed by atoms with Crippen molar-refractivity contribution in [1.29, 1.82) is 0 Å². The van der Waals surface area contributed by atoms with Crippen LogP contribution in [-0.4, -0.2) is 5.26 Å². The van der Waals surface area contributed by atoms with Gasteiger partial charge in [-0.15, -0.1) is 0 Å². The summed E-state index contributed by atoms with van der Waals surface area (Å²) in [4.78, 5) is 4.79. The maximum absolute atomic E-state index is 9.15. The normalized spacial score (nSPS) is 19.4. The van der Waals surface area contributed by atoms with E-state index in [0.29, 0.717) is 0 Å². The summed E-state index contributed by atoms with van der Waals surface area (Å²) in [5.41, 5.74) is 3.15. The lowest BCUT2D eigenvalue weighted by Gasteiger charge is -2.26. The molecule has 0 unspecified atom stereocenters. The fourth-order valence-electron chi connectivity index (χ4n) is 2.62. The second-order valence-electron chi connectivity index (χ2n) is 4.67. The lowest BCUT2D eigenvalue weighted by Crippen LogP contribution is -2.24. The molecule has 82 valence electrons. The van der Waals surface area contributed by atoms with E-state index in [2.05, 4.69) is 32.0 Å². The standard InChI is InChI=1S/C13H18O2/c1-10-7-11(2)9-12(8-10)13(15-14)5-3-4-6-13/h7-9,14H,3-6H2,1-2H3. The van der Waals surface area contributed by atoms with Crippen LogP contribution in [0.15, 0.2) is 18.2 Å². The molecule has 0 aromatic heterocycles. The smallest absolute Gasteiger partial charge is 0.128 e. The number of hydrogen-bond donors (Lipinski definition) is 1. The van der Waals surface area contributed by atoms with Crippen molar-refractivity contribution in [2.75, 3.05) is 0 Å². The summed E-state index contributed by atoms with van der Waals surface area (Å²) in [6.07, 6.45) is 4.11. The molecular formula is C13H18O2. The van der Waals surface area contributed by atoms with Crippen LogP contribution in [0.1, 0.15) is 42.4 Å². The third-order valence-corrected chi connectivity index (χ3v) is 3.33. The fraction of sp³-hybridized carbons (Fsp3) is 0.538. The number of aryl methyl sites for hydroxylation is 2. The first kappa shape index (κ1) is 10.7. The van der Waals surface area contributed by atoms with Crippen molar-refractivity contribution in [3.05, 3.63) is 34.9 Å².